The lowest BCUT2D eigenvalue weighted by Gasteiger charge is -2.40. The van der Waals surface area contributed by atoms with Gasteiger partial charge in [0.05, 0.1) is 0 Å². The molecule has 2 atom stereocenters. The maximum absolute atomic E-state index is 3.55. The summed E-state index contributed by atoms with van der Waals surface area (Å²) < 4.78 is 0. The van der Waals surface area contributed by atoms with Gasteiger partial charge in [0.1, 0.15) is 0 Å². The summed E-state index contributed by atoms with van der Waals surface area (Å²) in [6.07, 6.45) is 0. The fourth-order valence-corrected chi connectivity index (χ4v) is 2.44. The molecule has 0 radical (unpaired) electrons. The summed E-state index contributed by atoms with van der Waals surface area (Å²) in [6, 6.07) is 1.29. The summed E-state index contributed by atoms with van der Waals surface area (Å²) in [4.78, 5) is 5.19. The van der Waals surface area contributed by atoms with Crippen LogP contribution in [0.25, 0.3) is 0 Å². The molecule has 0 aromatic heterocycles. The molecule has 0 saturated carbocycles. The fraction of sp³-hybridized carbons (Fsp3) is 1.00. The first-order valence-corrected chi connectivity index (χ1v) is 7.24. The van der Waals surface area contributed by atoms with Gasteiger partial charge in [0.2, 0.25) is 0 Å². The number of likely N-dealkylation sites (N-methyl/N-ethyl adjacent to an activating group) is 1. The Morgan fingerprint density at radius 1 is 1.00 bits per heavy atom. The van der Waals surface area contributed by atoms with Crippen LogP contribution in [-0.4, -0.2) is 61.2 Å². The molecule has 1 fully saturated rings. The second-order valence-electron chi connectivity index (χ2n) is 5.75. The Bertz CT molecular complexity index is 198. The highest BCUT2D eigenvalue weighted by molar-refractivity contribution is 4.79. The zero-order valence-corrected chi connectivity index (χ0v) is 12.4. The first-order valence-electron chi connectivity index (χ1n) is 7.24. The SMILES string of the molecule is CCN1CCN(C(C)C(C)CNC(C)C)CC1. The van der Waals surface area contributed by atoms with E-state index in [2.05, 4.69) is 49.7 Å². The smallest absolute Gasteiger partial charge is 0.0113 e. The number of hydrogen-bond donors (Lipinski definition) is 1. The van der Waals surface area contributed by atoms with Gasteiger partial charge in [0.15, 0.2) is 0 Å². The number of nitrogens with zero attached hydrogens (tertiary/aromatic N) is 2. The lowest BCUT2D eigenvalue weighted by Crippen LogP contribution is -2.52. The molecule has 0 amide bonds. The molecule has 0 aliphatic carbocycles. The van der Waals surface area contributed by atoms with Gasteiger partial charge in [-0.15, -0.1) is 0 Å². The molecule has 1 aliphatic rings. The quantitative estimate of drug-likeness (QED) is 0.763. The molecule has 0 bridgehead atoms. The van der Waals surface area contributed by atoms with Gasteiger partial charge in [-0.1, -0.05) is 27.7 Å². The van der Waals surface area contributed by atoms with E-state index in [1.165, 1.54) is 32.7 Å². The maximum atomic E-state index is 3.55. The van der Waals surface area contributed by atoms with Crippen LogP contribution in [-0.2, 0) is 0 Å². The zero-order chi connectivity index (χ0) is 12.8. The largest absolute Gasteiger partial charge is 0.314 e. The number of hydrogen-bond acceptors (Lipinski definition) is 3. The Kier molecular flexibility index (Phi) is 6.45. The highest BCUT2D eigenvalue weighted by Crippen LogP contribution is 2.13. The van der Waals surface area contributed by atoms with Crippen LogP contribution in [0.5, 0.6) is 0 Å². The predicted octanol–water partition coefficient (Wildman–Crippen LogP) is 1.65. The van der Waals surface area contributed by atoms with E-state index in [0.717, 1.165) is 12.5 Å². The maximum Gasteiger partial charge on any atom is 0.0113 e. The van der Waals surface area contributed by atoms with Crippen molar-refractivity contribution in [3.8, 4) is 0 Å². The van der Waals surface area contributed by atoms with Crippen molar-refractivity contribution in [2.45, 2.75) is 46.7 Å². The Balaban J connectivity index is 2.29. The summed E-state index contributed by atoms with van der Waals surface area (Å²) >= 11 is 0. The summed E-state index contributed by atoms with van der Waals surface area (Å²) in [5.74, 6) is 0.727. The van der Waals surface area contributed by atoms with Gasteiger partial charge in [-0.2, -0.15) is 0 Å². The molecule has 3 heteroatoms. The molecule has 1 saturated heterocycles. The van der Waals surface area contributed by atoms with Crippen LogP contribution >= 0.6 is 0 Å². The molecule has 17 heavy (non-hydrogen) atoms. The number of piperazine rings is 1. The molecule has 3 nitrogen and oxygen atoms in total. The predicted molar refractivity (Wildman–Crippen MR) is 75.5 cm³/mol. The topological polar surface area (TPSA) is 18.5 Å². The summed E-state index contributed by atoms with van der Waals surface area (Å²) in [5, 5.41) is 3.55. The molecular weight excluding hydrogens is 210 g/mol. The van der Waals surface area contributed by atoms with Gasteiger partial charge < -0.3 is 10.2 Å². The van der Waals surface area contributed by atoms with E-state index in [4.69, 9.17) is 0 Å². The van der Waals surface area contributed by atoms with E-state index >= 15 is 0 Å². The molecule has 1 rings (SSSR count). The lowest BCUT2D eigenvalue weighted by atomic mass is 10.0. The van der Waals surface area contributed by atoms with Crippen LogP contribution < -0.4 is 5.32 Å². The highest BCUT2D eigenvalue weighted by atomic mass is 15.3. The van der Waals surface area contributed by atoms with Crippen LogP contribution in [0.15, 0.2) is 0 Å². The highest BCUT2D eigenvalue weighted by Gasteiger charge is 2.23. The molecular formula is C14H31N3. The standard InChI is InChI=1S/C14H31N3/c1-6-16-7-9-17(10-8-16)14(5)13(4)11-15-12(2)3/h12-15H,6-11H2,1-5H3. The van der Waals surface area contributed by atoms with Crippen molar-refractivity contribution in [2.75, 3.05) is 39.3 Å². The molecule has 0 aromatic carbocycles. The second-order valence-corrected chi connectivity index (χ2v) is 5.75. The van der Waals surface area contributed by atoms with Gasteiger partial charge >= 0.3 is 0 Å². The Morgan fingerprint density at radius 2 is 1.59 bits per heavy atom. The van der Waals surface area contributed by atoms with Crippen molar-refractivity contribution in [1.29, 1.82) is 0 Å². The number of nitrogens with one attached hydrogen (secondary N) is 1. The normalized spacial score (nSPS) is 22.9. The lowest BCUT2D eigenvalue weighted by molar-refractivity contribution is 0.0828. The molecule has 1 aliphatic heterocycles. The van der Waals surface area contributed by atoms with Crippen molar-refractivity contribution < 1.29 is 0 Å². The molecule has 1 heterocycles. The molecule has 0 aromatic rings. The third kappa shape index (κ3) is 4.94. The van der Waals surface area contributed by atoms with Crippen molar-refractivity contribution in [1.82, 2.24) is 15.1 Å². The van der Waals surface area contributed by atoms with Crippen LogP contribution in [0, 0.1) is 5.92 Å². The van der Waals surface area contributed by atoms with E-state index in [1.807, 2.05) is 0 Å². The van der Waals surface area contributed by atoms with Gasteiger partial charge in [-0.25, -0.2) is 0 Å². The van der Waals surface area contributed by atoms with E-state index in [1.54, 1.807) is 0 Å². The molecule has 102 valence electrons. The number of rotatable bonds is 6. The first kappa shape index (κ1) is 14.9. The van der Waals surface area contributed by atoms with Gasteiger partial charge in [-0.05, 0) is 25.9 Å². The molecule has 2 unspecified atom stereocenters. The van der Waals surface area contributed by atoms with Gasteiger partial charge in [0, 0.05) is 38.3 Å². The third-order valence-corrected chi connectivity index (χ3v) is 4.10. The Labute approximate surface area is 108 Å². The summed E-state index contributed by atoms with van der Waals surface area (Å²) in [5.41, 5.74) is 0. The average Bonchev–Trinajstić information content (AvgIpc) is 2.35. The zero-order valence-electron chi connectivity index (χ0n) is 12.4. The van der Waals surface area contributed by atoms with E-state index in [9.17, 15) is 0 Å². The Morgan fingerprint density at radius 3 is 2.06 bits per heavy atom. The fourth-order valence-electron chi connectivity index (χ4n) is 2.44. The summed E-state index contributed by atoms with van der Waals surface area (Å²) in [7, 11) is 0. The monoisotopic (exact) mass is 241 g/mol. The summed E-state index contributed by atoms with van der Waals surface area (Å²) in [6.45, 7) is 18.7. The second kappa shape index (κ2) is 7.34. The van der Waals surface area contributed by atoms with E-state index in [-0.39, 0.29) is 0 Å². The minimum atomic E-state index is 0.599. The van der Waals surface area contributed by atoms with Crippen molar-refractivity contribution in [2.24, 2.45) is 5.92 Å². The molecule has 0 spiro atoms. The van der Waals surface area contributed by atoms with Crippen LogP contribution in [0.1, 0.15) is 34.6 Å². The van der Waals surface area contributed by atoms with Crippen molar-refractivity contribution in [3.05, 3.63) is 0 Å². The van der Waals surface area contributed by atoms with Crippen molar-refractivity contribution >= 4 is 0 Å². The van der Waals surface area contributed by atoms with Crippen molar-refractivity contribution in [3.63, 3.8) is 0 Å². The van der Waals surface area contributed by atoms with E-state index < -0.39 is 0 Å². The van der Waals surface area contributed by atoms with Crippen LogP contribution in [0.3, 0.4) is 0 Å². The Hall–Kier alpha value is -0.120. The minimum Gasteiger partial charge on any atom is -0.314 e. The first-order chi connectivity index (χ1) is 8.04. The van der Waals surface area contributed by atoms with Gasteiger partial charge in [0.25, 0.3) is 0 Å². The van der Waals surface area contributed by atoms with Gasteiger partial charge in [-0.3, -0.25) is 4.90 Å². The van der Waals surface area contributed by atoms with Crippen LogP contribution in [0.2, 0.25) is 0 Å². The minimum absolute atomic E-state index is 0.599. The average molecular weight is 241 g/mol. The molecule has 1 N–H and O–H groups in total. The van der Waals surface area contributed by atoms with E-state index in [0.29, 0.717) is 12.1 Å². The third-order valence-electron chi connectivity index (χ3n) is 4.10. The van der Waals surface area contributed by atoms with Crippen LogP contribution in [0.4, 0.5) is 0 Å².